The molecule has 24 heavy (non-hydrogen) atoms. The molecule has 0 N–H and O–H groups in total. The van der Waals surface area contributed by atoms with Gasteiger partial charge in [0.2, 0.25) is 0 Å². The van der Waals surface area contributed by atoms with Crippen LogP contribution in [-0.2, 0) is 15.0 Å². The molecule has 1 amide bonds. The first kappa shape index (κ1) is 17.5. The second kappa shape index (κ2) is 5.92. The van der Waals surface area contributed by atoms with Crippen molar-refractivity contribution in [2.45, 2.75) is 57.9 Å². The molecule has 0 radical (unpaired) electrons. The quantitative estimate of drug-likeness (QED) is 0.661. The molecule has 132 valence electrons. The van der Waals surface area contributed by atoms with E-state index in [1.54, 1.807) is 0 Å². The fraction of sp³-hybridized carbons (Fsp3) is 0.611. The highest BCUT2D eigenvalue weighted by Crippen LogP contribution is 2.46. The summed E-state index contributed by atoms with van der Waals surface area (Å²) in [5.74, 6) is 0.773. The van der Waals surface area contributed by atoms with Crippen LogP contribution in [0.5, 0.6) is 5.75 Å². The van der Waals surface area contributed by atoms with Crippen LogP contribution in [0.15, 0.2) is 22.7 Å². The molecule has 2 heterocycles. The molecular weight excluding hydrogens is 374 g/mol. The van der Waals surface area contributed by atoms with Crippen molar-refractivity contribution in [2.75, 3.05) is 13.2 Å². The molecule has 5 nitrogen and oxygen atoms in total. The SMILES string of the molecule is C[C@@H]1CO[C@@H]2COc3cc(Br)ccc3[C@@]2(C)N1C(=O)OC(C)(C)C. The maximum atomic E-state index is 13.0. The van der Waals surface area contributed by atoms with Gasteiger partial charge in [0, 0.05) is 10.0 Å². The summed E-state index contributed by atoms with van der Waals surface area (Å²) in [4.78, 5) is 14.8. The topological polar surface area (TPSA) is 48.0 Å². The monoisotopic (exact) mass is 397 g/mol. The van der Waals surface area contributed by atoms with Gasteiger partial charge in [-0.05, 0) is 46.8 Å². The lowest BCUT2D eigenvalue weighted by Crippen LogP contribution is -2.66. The standard InChI is InChI=1S/C18H24BrNO4/c1-11-9-23-15-10-22-14-8-12(19)6-7-13(14)18(15,5)20(11)16(21)24-17(2,3)4/h6-8,11,15H,9-10H2,1-5H3/t11-,15-,18-/m1/s1. The molecule has 0 spiro atoms. The number of carbonyl (C=O) groups excluding carboxylic acids is 1. The average Bonchev–Trinajstić information content (AvgIpc) is 2.44. The molecule has 0 saturated carbocycles. The van der Waals surface area contributed by atoms with E-state index >= 15 is 0 Å². The highest BCUT2D eigenvalue weighted by Gasteiger charge is 2.54. The number of fused-ring (bicyclic) bond motifs is 3. The highest BCUT2D eigenvalue weighted by molar-refractivity contribution is 9.10. The summed E-state index contributed by atoms with van der Waals surface area (Å²) >= 11 is 3.48. The van der Waals surface area contributed by atoms with Crippen LogP contribution in [0.25, 0.3) is 0 Å². The number of amides is 1. The van der Waals surface area contributed by atoms with Crippen molar-refractivity contribution in [1.29, 1.82) is 0 Å². The Morgan fingerprint density at radius 3 is 2.75 bits per heavy atom. The van der Waals surface area contributed by atoms with E-state index in [-0.39, 0.29) is 18.2 Å². The molecule has 2 aliphatic heterocycles. The number of morpholine rings is 1. The van der Waals surface area contributed by atoms with Gasteiger partial charge in [-0.2, -0.15) is 0 Å². The molecule has 6 heteroatoms. The van der Waals surface area contributed by atoms with E-state index in [0.717, 1.165) is 15.8 Å². The van der Waals surface area contributed by atoms with Crippen molar-refractivity contribution in [3.05, 3.63) is 28.2 Å². The number of hydrogen-bond acceptors (Lipinski definition) is 4. The summed E-state index contributed by atoms with van der Waals surface area (Å²) in [6.07, 6.45) is -0.545. The summed E-state index contributed by atoms with van der Waals surface area (Å²) < 4.78 is 18.5. The normalized spacial score (nSPS) is 29.3. The van der Waals surface area contributed by atoms with Gasteiger partial charge in [0.15, 0.2) is 0 Å². The molecule has 1 aromatic rings. The zero-order valence-electron chi connectivity index (χ0n) is 14.8. The Labute approximate surface area is 151 Å². The summed E-state index contributed by atoms with van der Waals surface area (Å²) in [7, 11) is 0. The van der Waals surface area contributed by atoms with Gasteiger partial charge in [0.1, 0.15) is 29.6 Å². The lowest BCUT2D eigenvalue weighted by molar-refractivity contribution is -0.163. The predicted molar refractivity (Wildman–Crippen MR) is 94.3 cm³/mol. The smallest absolute Gasteiger partial charge is 0.411 e. The van der Waals surface area contributed by atoms with Crippen LogP contribution in [0.1, 0.15) is 40.2 Å². The van der Waals surface area contributed by atoms with Gasteiger partial charge in [-0.25, -0.2) is 4.79 Å². The Morgan fingerprint density at radius 1 is 1.38 bits per heavy atom. The number of nitrogens with zero attached hydrogens (tertiary/aromatic N) is 1. The minimum Gasteiger partial charge on any atom is -0.490 e. The van der Waals surface area contributed by atoms with Crippen molar-refractivity contribution in [2.24, 2.45) is 0 Å². The van der Waals surface area contributed by atoms with Crippen molar-refractivity contribution in [3.8, 4) is 5.75 Å². The molecule has 2 aliphatic rings. The maximum absolute atomic E-state index is 13.0. The summed E-state index contributed by atoms with van der Waals surface area (Å²) in [6.45, 7) is 10.5. The third kappa shape index (κ3) is 2.90. The average molecular weight is 398 g/mol. The van der Waals surface area contributed by atoms with Crippen molar-refractivity contribution in [3.63, 3.8) is 0 Å². The molecule has 0 bridgehead atoms. The van der Waals surface area contributed by atoms with Crippen molar-refractivity contribution < 1.29 is 19.0 Å². The van der Waals surface area contributed by atoms with Gasteiger partial charge in [0.25, 0.3) is 0 Å². The Hall–Kier alpha value is -1.27. The van der Waals surface area contributed by atoms with E-state index in [9.17, 15) is 4.79 Å². The first-order valence-corrected chi connectivity index (χ1v) is 8.99. The summed E-state index contributed by atoms with van der Waals surface area (Å²) in [6, 6.07) is 5.80. The van der Waals surface area contributed by atoms with E-state index in [1.165, 1.54) is 0 Å². The third-order valence-electron chi connectivity index (χ3n) is 4.58. The van der Waals surface area contributed by atoms with Gasteiger partial charge >= 0.3 is 6.09 Å². The number of benzene rings is 1. The molecule has 1 fully saturated rings. The molecule has 0 aromatic heterocycles. The maximum Gasteiger partial charge on any atom is 0.411 e. The fourth-order valence-electron chi connectivity index (χ4n) is 3.50. The van der Waals surface area contributed by atoms with Crippen molar-refractivity contribution in [1.82, 2.24) is 4.90 Å². The van der Waals surface area contributed by atoms with Gasteiger partial charge in [0.05, 0.1) is 12.6 Å². The first-order valence-electron chi connectivity index (χ1n) is 8.19. The zero-order valence-corrected chi connectivity index (χ0v) is 16.3. The van der Waals surface area contributed by atoms with E-state index in [1.807, 2.05) is 57.7 Å². The number of halogens is 1. The van der Waals surface area contributed by atoms with E-state index in [0.29, 0.717) is 13.2 Å². The minimum absolute atomic E-state index is 0.0873. The number of carbonyl (C=O) groups is 1. The Balaban J connectivity index is 2.07. The molecule has 1 saturated heterocycles. The van der Waals surface area contributed by atoms with Crippen LogP contribution in [0.3, 0.4) is 0 Å². The number of ether oxygens (including phenoxy) is 3. The van der Waals surface area contributed by atoms with Crippen LogP contribution in [0.2, 0.25) is 0 Å². The first-order chi connectivity index (χ1) is 11.1. The molecular formula is C18H24BrNO4. The lowest BCUT2D eigenvalue weighted by atomic mass is 9.80. The van der Waals surface area contributed by atoms with Gasteiger partial charge in [-0.15, -0.1) is 0 Å². The van der Waals surface area contributed by atoms with Crippen LogP contribution in [0.4, 0.5) is 4.79 Å². The fourth-order valence-corrected chi connectivity index (χ4v) is 3.84. The summed E-state index contributed by atoms with van der Waals surface area (Å²) in [5, 5.41) is 0. The second-order valence-electron chi connectivity index (χ2n) is 7.62. The Kier molecular flexibility index (Phi) is 4.33. The lowest BCUT2D eigenvalue weighted by Gasteiger charge is -2.54. The molecule has 1 aromatic carbocycles. The molecule has 0 unspecified atom stereocenters. The predicted octanol–water partition coefficient (Wildman–Crippen LogP) is 4.08. The Morgan fingerprint density at radius 2 is 2.08 bits per heavy atom. The van der Waals surface area contributed by atoms with Crippen molar-refractivity contribution >= 4 is 22.0 Å². The number of hydrogen-bond donors (Lipinski definition) is 0. The third-order valence-corrected chi connectivity index (χ3v) is 5.07. The van der Waals surface area contributed by atoms with Crippen LogP contribution >= 0.6 is 15.9 Å². The zero-order chi connectivity index (χ0) is 17.7. The molecule has 3 rings (SSSR count). The van der Waals surface area contributed by atoms with Gasteiger partial charge in [-0.3, -0.25) is 4.90 Å². The van der Waals surface area contributed by atoms with E-state index in [4.69, 9.17) is 14.2 Å². The van der Waals surface area contributed by atoms with Gasteiger partial charge in [-0.1, -0.05) is 22.0 Å². The van der Waals surface area contributed by atoms with Crippen LogP contribution in [0, 0.1) is 0 Å². The molecule has 0 aliphatic carbocycles. The van der Waals surface area contributed by atoms with Crippen LogP contribution in [-0.4, -0.2) is 42.0 Å². The van der Waals surface area contributed by atoms with E-state index in [2.05, 4.69) is 15.9 Å². The van der Waals surface area contributed by atoms with Gasteiger partial charge < -0.3 is 14.2 Å². The Bertz CT molecular complexity index is 657. The van der Waals surface area contributed by atoms with Crippen LogP contribution < -0.4 is 4.74 Å². The minimum atomic E-state index is -0.631. The second-order valence-corrected chi connectivity index (χ2v) is 8.54. The number of rotatable bonds is 0. The highest BCUT2D eigenvalue weighted by atomic mass is 79.9. The summed E-state index contributed by atoms with van der Waals surface area (Å²) in [5.41, 5.74) is -0.234. The molecule has 3 atom stereocenters. The largest absolute Gasteiger partial charge is 0.490 e. The van der Waals surface area contributed by atoms with E-state index < -0.39 is 11.1 Å².